The van der Waals surface area contributed by atoms with Crippen LogP contribution in [0, 0.1) is 0 Å². The molecule has 1 aliphatic heterocycles. The first-order valence-corrected chi connectivity index (χ1v) is 14.7. The third-order valence-corrected chi connectivity index (χ3v) is 7.42. The maximum absolute atomic E-state index is 13.7. The molecule has 1 aromatic carbocycles. The number of aromatic hydroxyl groups is 1. The number of carbonyl (C=O) groups excluding carboxylic acids is 3. The summed E-state index contributed by atoms with van der Waals surface area (Å²) in [7, 11) is 0. The third-order valence-electron chi connectivity index (χ3n) is 6.84. The second-order valence-corrected chi connectivity index (χ2v) is 12.2. The van der Waals surface area contributed by atoms with Crippen molar-refractivity contribution in [1.82, 2.24) is 15.2 Å². The molecule has 0 bridgehead atoms. The molecule has 3 rings (SSSR count). The van der Waals surface area contributed by atoms with Gasteiger partial charge in [-0.2, -0.15) is 0 Å². The van der Waals surface area contributed by atoms with Crippen LogP contribution < -0.4 is 21.7 Å². The van der Waals surface area contributed by atoms with E-state index in [1.54, 1.807) is 33.2 Å². The SMILES string of the molecule is CC(C)(C)OC(=O)NCCCC[C@H](N)C(=O)N1CCN(c2ccncc2)CC1C(=O)[C@H](N)Cc1cc(Cl)c(O)c(Cl)c1. The molecule has 1 fully saturated rings. The Labute approximate surface area is 256 Å². The number of Topliss-reactive ketones (excluding diaryl/α,β-unsaturated/α-hetero) is 1. The number of phenolic OH excluding ortho intramolecular Hbond substituents is 1. The number of aromatic nitrogens is 1. The summed E-state index contributed by atoms with van der Waals surface area (Å²) in [5, 5.41) is 12.7. The molecule has 1 unspecified atom stereocenters. The van der Waals surface area contributed by atoms with Crippen molar-refractivity contribution in [1.29, 1.82) is 0 Å². The van der Waals surface area contributed by atoms with Crippen molar-refractivity contribution in [2.24, 2.45) is 11.5 Å². The van der Waals surface area contributed by atoms with Gasteiger partial charge in [-0.25, -0.2) is 4.79 Å². The van der Waals surface area contributed by atoms with Gasteiger partial charge in [0, 0.05) is 44.3 Å². The number of halogens is 2. The van der Waals surface area contributed by atoms with Crippen molar-refractivity contribution in [2.75, 3.05) is 31.1 Å². The summed E-state index contributed by atoms with van der Waals surface area (Å²) < 4.78 is 5.22. The summed E-state index contributed by atoms with van der Waals surface area (Å²) in [6, 6.07) is 4.09. The van der Waals surface area contributed by atoms with E-state index in [1.807, 2.05) is 17.0 Å². The van der Waals surface area contributed by atoms with E-state index in [1.165, 1.54) is 17.0 Å². The quantitative estimate of drug-likeness (QED) is 0.275. The molecular weight excluding hydrogens is 583 g/mol. The van der Waals surface area contributed by atoms with Crippen molar-refractivity contribution in [2.45, 2.75) is 70.2 Å². The number of phenols is 1. The number of benzene rings is 1. The summed E-state index contributed by atoms with van der Waals surface area (Å²) in [5.74, 6) is -0.893. The summed E-state index contributed by atoms with van der Waals surface area (Å²) in [5.41, 5.74) is 13.6. The summed E-state index contributed by atoms with van der Waals surface area (Å²) in [6.07, 6.45) is 4.55. The lowest BCUT2D eigenvalue weighted by molar-refractivity contribution is -0.141. The molecule has 230 valence electrons. The Morgan fingerprint density at radius 2 is 1.74 bits per heavy atom. The molecule has 0 spiro atoms. The standard InChI is InChI=1S/C29H40Cl2N6O5/c1-29(2,3)42-28(41)35-9-5-4-6-22(32)27(40)37-13-12-36(19-7-10-34-11-8-19)17-24(37)26(39)23(33)16-18-14-20(30)25(38)21(31)15-18/h7-8,10-11,14-15,22-24,38H,4-6,9,12-13,16-17,32-33H2,1-3H3,(H,35,41)/t22-,23+,24?/m0/s1. The average molecular weight is 624 g/mol. The summed E-state index contributed by atoms with van der Waals surface area (Å²) in [4.78, 5) is 46.7. The lowest BCUT2D eigenvalue weighted by Gasteiger charge is -2.43. The second-order valence-electron chi connectivity index (χ2n) is 11.4. The maximum Gasteiger partial charge on any atom is 0.407 e. The van der Waals surface area contributed by atoms with E-state index >= 15 is 0 Å². The molecule has 2 amide bonds. The first-order chi connectivity index (χ1) is 19.8. The minimum Gasteiger partial charge on any atom is -0.505 e. The zero-order valence-electron chi connectivity index (χ0n) is 24.2. The molecule has 0 saturated carbocycles. The Morgan fingerprint density at radius 3 is 2.36 bits per heavy atom. The van der Waals surface area contributed by atoms with Gasteiger partial charge in [0.05, 0.1) is 22.1 Å². The molecule has 0 radical (unpaired) electrons. The number of amides is 2. The molecule has 0 aliphatic carbocycles. The minimum absolute atomic E-state index is 0.0581. The largest absolute Gasteiger partial charge is 0.505 e. The van der Waals surface area contributed by atoms with Crippen molar-refractivity contribution >= 4 is 46.7 Å². The van der Waals surface area contributed by atoms with Gasteiger partial charge in [0.2, 0.25) is 5.91 Å². The van der Waals surface area contributed by atoms with Gasteiger partial charge in [0.25, 0.3) is 0 Å². The van der Waals surface area contributed by atoms with Crippen LogP contribution in [0.5, 0.6) is 5.75 Å². The second kappa shape index (κ2) is 14.9. The lowest BCUT2D eigenvalue weighted by atomic mass is 9.95. The number of pyridine rings is 1. The van der Waals surface area contributed by atoms with Gasteiger partial charge in [0.1, 0.15) is 11.6 Å². The third kappa shape index (κ3) is 9.45. The number of anilines is 1. The molecule has 1 saturated heterocycles. The van der Waals surface area contributed by atoms with Gasteiger partial charge in [-0.1, -0.05) is 23.2 Å². The molecule has 6 N–H and O–H groups in total. The van der Waals surface area contributed by atoms with Crippen LogP contribution in [0.2, 0.25) is 10.0 Å². The van der Waals surface area contributed by atoms with E-state index in [2.05, 4.69) is 10.3 Å². The van der Waals surface area contributed by atoms with Gasteiger partial charge in [-0.05, 0) is 76.3 Å². The maximum atomic E-state index is 13.7. The van der Waals surface area contributed by atoms with Crippen LogP contribution in [-0.4, -0.2) is 82.7 Å². The highest BCUT2D eigenvalue weighted by Gasteiger charge is 2.39. The van der Waals surface area contributed by atoms with E-state index in [-0.39, 0.29) is 47.0 Å². The van der Waals surface area contributed by atoms with Gasteiger partial charge in [-0.3, -0.25) is 14.6 Å². The predicted molar refractivity (Wildman–Crippen MR) is 163 cm³/mol. The fraction of sp³-hybridized carbons (Fsp3) is 0.517. The number of ketones is 1. The van der Waals surface area contributed by atoms with Crippen LogP contribution in [-0.2, 0) is 20.7 Å². The highest BCUT2D eigenvalue weighted by Crippen LogP contribution is 2.33. The number of hydrogen-bond acceptors (Lipinski definition) is 9. The molecule has 11 nitrogen and oxygen atoms in total. The number of nitrogens with one attached hydrogen (secondary N) is 1. The molecule has 2 heterocycles. The van der Waals surface area contributed by atoms with Gasteiger partial charge in [-0.15, -0.1) is 0 Å². The van der Waals surface area contributed by atoms with E-state index in [4.69, 9.17) is 39.4 Å². The Balaban J connectivity index is 1.66. The summed E-state index contributed by atoms with van der Waals surface area (Å²) in [6.45, 7) is 6.79. The van der Waals surface area contributed by atoms with Crippen molar-refractivity contribution < 1.29 is 24.2 Å². The number of alkyl carbamates (subject to hydrolysis) is 1. The number of carbonyl (C=O) groups is 3. The van der Waals surface area contributed by atoms with Crippen molar-refractivity contribution in [3.63, 3.8) is 0 Å². The Morgan fingerprint density at radius 1 is 1.10 bits per heavy atom. The molecule has 1 aliphatic rings. The number of hydrogen-bond donors (Lipinski definition) is 4. The number of unbranched alkanes of at least 4 members (excludes halogenated alkanes) is 1. The topological polar surface area (TPSA) is 164 Å². The monoisotopic (exact) mass is 622 g/mol. The van der Waals surface area contributed by atoms with Gasteiger partial charge >= 0.3 is 6.09 Å². The van der Waals surface area contributed by atoms with Crippen LogP contribution in [0.15, 0.2) is 36.7 Å². The lowest BCUT2D eigenvalue weighted by Crippen LogP contribution is -2.63. The Bertz CT molecular complexity index is 1220. The van der Waals surface area contributed by atoms with E-state index in [0.717, 1.165) is 5.69 Å². The van der Waals surface area contributed by atoms with Crippen LogP contribution in [0.3, 0.4) is 0 Å². The van der Waals surface area contributed by atoms with E-state index in [0.29, 0.717) is 37.9 Å². The number of rotatable bonds is 11. The number of piperazine rings is 1. The smallest absolute Gasteiger partial charge is 0.407 e. The van der Waals surface area contributed by atoms with Crippen LogP contribution >= 0.6 is 23.2 Å². The van der Waals surface area contributed by atoms with Gasteiger partial charge < -0.3 is 36.4 Å². The van der Waals surface area contributed by atoms with Crippen LogP contribution in [0.1, 0.15) is 45.6 Å². The van der Waals surface area contributed by atoms with Crippen LogP contribution in [0.4, 0.5) is 10.5 Å². The first-order valence-electron chi connectivity index (χ1n) is 13.9. The highest BCUT2D eigenvalue weighted by atomic mass is 35.5. The Hall–Kier alpha value is -3.12. The fourth-order valence-electron chi connectivity index (χ4n) is 4.75. The summed E-state index contributed by atoms with van der Waals surface area (Å²) >= 11 is 12.1. The van der Waals surface area contributed by atoms with Gasteiger partial charge in [0.15, 0.2) is 11.5 Å². The number of ether oxygens (including phenoxy) is 1. The fourth-order valence-corrected chi connectivity index (χ4v) is 5.28. The molecule has 1 aromatic heterocycles. The molecular formula is C29H40Cl2N6O5. The minimum atomic E-state index is -0.963. The average Bonchev–Trinajstić information content (AvgIpc) is 2.94. The number of nitrogens with two attached hydrogens (primary N) is 2. The Kier molecular flexibility index (Phi) is 11.8. The number of nitrogens with zero attached hydrogens (tertiary/aromatic N) is 3. The normalized spacial score (nSPS) is 17.0. The highest BCUT2D eigenvalue weighted by molar-refractivity contribution is 6.37. The molecule has 2 aromatic rings. The van der Waals surface area contributed by atoms with Crippen molar-refractivity contribution in [3.8, 4) is 5.75 Å². The zero-order valence-corrected chi connectivity index (χ0v) is 25.7. The van der Waals surface area contributed by atoms with Crippen LogP contribution in [0.25, 0.3) is 0 Å². The zero-order chi connectivity index (χ0) is 31.0. The van der Waals surface area contributed by atoms with E-state index < -0.39 is 29.8 Å². The molecule has 13 heteroatoms. The first kappa shape index (κ1) is 33.4. The molecule has 3 atom stereocenters. The predicted octanol–water partition coefficient (Wildman–Crippen LogP) is 3.27. The van der Waals surface area contributed by atoms with E-state index in [9.17, 15) is 19.5 Å². The van der Waals surface area contributed by atoms with Crippen molar-refractivity contribution in [3.05, 3.63) is 52.3 Å². The molecule has 42 heavy (non-hydrogen) atoms.